The maximum absolute atomic E-state index is 13.3. The van der Waals surface area contributed by atoms with Gasteiger partial charge in [-0.3, -0.25) is 4.40 Å². The van der Waals surface area contributed by atoms with Crippen LogP contribution in [0.15, 0.2) is 48.5 Å². The number of nitrogens with zero attached hydrogens (tertiary/aromatic N) is 7. The fourth-order valence-electron chi connectivity index (χ4n) is 3.35. The van der Waals surface area contributed by atoms with Crippen LogP contribution in [0.1, 0.15) is 17.0 Å². The van der Waals surface area contributed by atoms with Crippen molar-refractivity contribution < 1.29 is 4.39 Å². The highest BCUT2D eigenvalue weighted by Gasteiger charge is 2.18. The number of benzene rings is 2. The molecule has 0 fully saturated rings. The Balaban J connectivity index is 1.67. The van der Waals surface area contributed by atoms with Crippen LogP contribution in [0.5, 0.6) is 0 Å². The van der Waals surface area contributed by atoms with Crippen LogP contribution in [0, 0.1) is 19.7 Å². The van der Waals surface area contributed by atoms with Gasteiger partial charge < -0.3 is 0 Å². The van der Waals surface area contributed by atoms with E-state index in [4.69, 9.17) is 4.98 Å². The van der Waals surface area contributed by atoms with Gasteiger partial charge in [0.1, 0.15) is 11.6 Å². The van der Waals surface area contributed by atoms with Gasteiger partial charge in [0, 0.05) is 5.56 Å². The smallest absolute Gasteiger partial charge is 0.194 e. The molecule has 0 unspecified atom stereocenters. The van der Waals surface area contributed by atoms with E-state index in [1.165, 1.54) is 17.7 Å². The quantitative estimate of drug-likeness (QED) is 0.485. The highest BCUT2D eigenvalue weighted by atomic mass is 19.1. The predicted molar refractivity (Wildman–Crippen MR) is 102 cm³/mol. The van der Waals surface area contributed by atoms with Crippen molar-refractivity contribution in [1.82, 2.24) is 34.6 Å². The van der Waals surface area contributed by atoms with Gasteiger partial charge in [0.2, 0.25) is 0 Å². The van der Waals surface area contributed by atoms with Crippen LogP contribution >= 0.6 is 0 Å². The van der Waals surface area contributed by atoms with Gasteiger partial charge in [-0.15, -0.1) is 15.3 Å². The Morgan fingerprint density at radius 2 is 1.68 bits per heavy atom. The van der Waals surface area contributed by atoms with Gasteiger partial charge in [-0.1, -0.05) is 29.5 Å². The van der Waals surface area contributed by atoms with E-state index in [1.54, 1.807) is 16.8 Å². The third-order valence-corrected chi connectivity index (χ3v) is 4.86. The zero-order chi connectivity index (χ0) is 19.3. The second kappa shape index (κ2) is 6.19. The number of halogens is 1. The van der Waals surface area contributed by atoms with Crippen molar-refractivity contribution in [3.8, 4) is 11.4 Å². The van der Waals surface area contributed by atoms with Crippen LogP contribution in [0.25, 0.3) is 28.2 Å². The van der Waals surface area contributed by atoms with E-state index in [0.29, 0.717) is 35.0 Å². The summed E-state index contributed by atoms with van der Waals surface area (Å²) < 4.78 is 16.9. The molecule has 3 aromatic heterocycles. The lowest BCUT2D eigenvalue weighted by molar-refractivity contribution is 0.628. The third kappa shape index (κ3) is 2.53. The van der Waals surface area contributed by atoms with Crippen LogP contribution < -0.4 is 0 Å². The summed E-state index contributed by atoms with van der Waals surface area (Å²) in [6, 6.07) is 14.3. The molecule has 3 heterocycles. The minimum atomic E-state index is -0.297. The molecule has 0 amide bonds. The fraction of sp³-hybridized carbons (Fsp3) is 0.150. The van der Waals surface area contributed by atoms with E-state index in [2.05, 4.69) is 39.6 Å². The van der Waals surface area contributed by atoms with Gasteiger partial charge in [0.25, 0.3) is 0 Å². The second-order valence-electron chi connectivity index (χ2n) is 6.69. The number of aryl methyl sites for hydroxylation is 2. The topological polar surface area (TPSA) is 73.8 Å². The summed E-state index contributed by atoms with van der Waals surface area (Å²) in [6.07, 6.45) is 0. The van der Waals surface area contributed by atoms with Crippen molar-refractivity contribution >= 4 is 16.8 Å². The first-order valence-electron chi connectivity index (χ1n) is 8.87. The molecule has 28 heavy (non-hydrogen) atoms. The van der Waals surface area contributed by atoms with Gasteiger partial charge >= 0.3 is 0 Å². The number of rotatable bonds is 3. The van der Waals surface area contributed by atoms with E-state index in [0.717, 1.165) is 11.1 Å². The summed E-state index contributed by atoms with van der Waals surface area (Å²) in [7, 11) is 0. The first kappa shape index (κ1) is 16.5. The maximum Gasteiger partial charge on any atom is 0.194 e. The lowest BCUT2D eigenvalue weighted by Gasteiger charge is -2.07. The van der Waals surface area contributed by atoms with E-state index in [-0.39, 0.29) is 5.82 Å². The normalized spacial score (nSPS) is 11.5. The van der Waals surface area contributed by atoms with Crippen molar-refractivity contribution in [1.29, 1.82) is 0 Å². The monoisotopic (exact) mass is 373 g/mol. The largest absolute Gasteiger partial charge is 0.261 e. The second-order valence-corrected chi connectivity index (χ2v) is 6.69. The molecule has 0 aliphatic rings. The van der Waals surface area contributed by atoms with Crippen molar-refractivity contribution in [2.45, 2.75) is 20.4 Å². The van der Waals surface area contributed by atoms with Gasteiger partial charge in [0.05, 0.1) is 6.54 Å². The molecular formula is C20H16FN7. The van der Waals surface area contributed by atoms with Crippen molar-refractivity contribution in [2.75, 3.05) is 0 Å². The van der Waals surface area contributed by atoms with E-state index in [1.807, 2.05) is 23.5 Å². The van der Waals surface area contributed by atoms with Crippen LogP contribution in [-0.4, -0.2) is 34.6 Å². The van der Waals surface area contributed by atoms with E-state index in [9.17, 15) is 4.39 Å². The molecule has 0 aliphatic carbocycles. The van der Waals surface area contributed by atoms with Gasteiger partial charge in [-0.25, -0.2) is 14.1 Å². The fourth-order valence-corrected chi connectivity index (χ4v) is 3.35. The highest BCUT2D eigenvalue weighted by molar-refractivity contribution is 5.86. The molecular weight excluding hydrogens is 357 g/mol. The lowest BCUT2D eigenvalue weighted by atomic mass is 10.1. The van der Waals surface area contributed by atoms with Gasteiger partial charge in [0.15, 0.2) is 22.6 Å². The molecule has 0 bridgehead atoms. The summed E-state index contributed by atoms with van der Waals surface area (Å²) in [6.45, 7) is 4.53. The Morgan fingerprint density at radius 1 is 0.893 bits per heavy atom. The van der Waals surface area contributed by atoms with E-state index >= 15 is 0 Å². The SMILES string of the molecule is Cc1ccccc1Cn1nnc2c1nc(C)n1c(-c3ccc(F)cc3)nnc21. The average Bonchev–Trinajstić information content (AvgIpc) is 3.29. The molecule has 0 saturated carbocycles. The summed E-state index contributed by atoms with van der Waals surface area (Å²) in [4.78, 5) is 4.71. The van der Waals surface area contributed by atoms with Crippen LogP contribution in [0.2, 0.25) is 0 Å². The summed E-state index contributed by atoms with van der Waals surface area (Å²) in [5, 5.41) is 17.2. The Morgan fingerprint density at radius 3 is 2.46 bits per heavy atom. The van der Waals surface area contributed by atoms with Crippen LogP contribution in [0.3, 0.4) is 0 Å². The molecule has 0 saturated heterocycles. The first-order chi connectivity index (χ1) is 13.6. The van der Waals surface area contributed by atoms with E-state index < -0.39 is 0 Å². The minimum absolute atomic E-state index is 0.297. The molecule has 7 nitrogen and oxygen atoms in total. The number of fused-ring (bicyclic) bond motifs is 3. The molecule has 5 aromatic rings. The molecule has 0 atom stereocenters. The Hall–Kier alpha value is -3.68. The Bertz CT molecular complexity index is 1320. The minimum Gasteiger partial charge on any atom is -0.261 e. The zero-order valence-electron chi connectivity index (χ0n) is 15.3. The Labute approximate surface area is 159 Å². The highest BCUT2D eigenvalue weighted by Crippen LogP contribution is 2.24. The molecule has 2 aromatic carbocycles. The van der Waals surface area contributed by atoms with Gasteiger partial charge in [-0.2, -0.15) is 0 Å². The first-order valence-corrected chi connectivity index (χ1v) is 8.87. The average molecular weight is 373 g/mol. The molecule has 0 N–H and O–H groups in total. The molecule has 0 radical (unpaired) electrons. The predicted octanol–water partition coefficient (Wildman–Crippen LogP) is 3.34. The van der Waals surface area contributed by atoms with Crippen LogP contribution in [-0.2, 0) is 6.54 Å². The summed E-state index contributed by atoms with van der Waals surface area (Å²) in [5.74, 6) is 1.00. The lowest BCUT2D eigenvalue weighted by Crippen LogP contribution is -2.06. The van der Waals surface area contributed by atoms with Gasteiger partial charge in [-0.05, 0) is 49.2 Å². The molecule has 138 valence electrons. The van der Waals surface area contributed by atoms with Crippen molar-refractivity contribution in [2.24, 2.45) is 0 Å². The zero-order valence-corrected chi connectivity index (χ0v) is 15.3. The number of hydrogen-bond acceptors (Lipinski definition) is 5. The third-order valence-electron chi connectivity index (χ3n) is 4.86. The number of aromatic nitrogens is 7. The molecule has 0 spiro atoms. The number of hydrogen-bond donors (Lipinski definition) is 0. The summed E-state index contributed by atoms with van der Waals surface area (Å²) >= 11 is 0. The Kier molecular flexibility index (Phi) is 3.65. The van der Waals surface area contributed by atoms with Crippen LogP contribution in [0.4, 0.5) is 4.39 Å². The standard InChI is InChI=1S/C20H16FN7/c1-12-5-3-4-6-15(12)11-27-19-17(23-26-27)20-25-24-18(28(20)13(2)22-19)14-7-9-16(21)10-8-14/h3-10H,11H2,1-2H3. The maximum atomic E-state index is 13.3. The van der Waals surface area contributed by atoms with Crippen molar-refractivity contribution in [3.05, 3.63) is 71.3 Å². The molecule has 0 aliphatic heterocycles. The molecule has 8 heteroatoms. The van der Waals surface area contributed by atoms with Crippen molar-refractivity contribution in [3.63, 3.8) is 0 Å². The molecule has 5 rings (SSSR count). The summed E-state index contributed by atoms with van der Waals surface area (Å²) in [5.41, 5.74) is 4.92.